The first-order valence-corrected chi connectivity index (χ1v) is 49.2. The molecular weight excluding hydrogens is 1840 g/mol. The Morgan fingerprint density at radius 2 is 0.507 bits per heavy atom. The molecule has 26 N–H and O–H groups in total. The lowest BCUT2D eigenvalue weighted by atomic mass is 10.0. The number of carboxylic acids is 6. The van der Waals surface area contributed by atoms with E-state index in [0.29, 0.717) is 130 Å². The number of fused-ring (bicyclic) bond motifs is 5. The Bertz CT molecular complexity index is 4330. The van der Waals surface area contributed by atoms with E-state index in [4.69, 9.17) is 10.2 Å². The third-order valence-electron chi connectivity index (χ3n) is 23.7. The van der Waals surface area contributed by atoms with Crippen molar-refractivity contribution in [2.75, 3.05) is 91.6 Å². The average molecular weight is 1990 g/mol. The second kappa shape index (κ2) is 67.2. The number of urea groups is 2. The largest absolute Gasteiger partial charge is 0.481 e. The molecule has 4 aromatic carbocycles. The van der Waals surface area contributed by atoms with Crippen LogP contribution in [0.5, 0.6) is 0 Å². The molecule has 2 fully saturated rings. The molecule has 0 aliphatic carbocycles. The lowest BCUT2D eigenvalue weighted by molar-refractivity contribution is -0.142. The Hall–Kier alpha value is -13.3. The summed E-state index contributed by atoms with van der Waals surface area (Å²) in [4.78, 5) is 231. The van der Waals surface area contributed by atoms with Crippen LogP contribution in [0.4, 0.5) is 9.59 Å². The third-order valence-corrected chi connectivity index (χ3v) is 23.7. The molecule has 0 aromatic heterocycles. The molecule has 8 atom stereocenters. The van der Waals surface area contributed by atoms with Crippen LogP contribution < -0.4 is 106 Å². The summed E-state index contributed by atoms with van der Waals surface area (Å²) in [5.41, 5.74) is 0.968. The number of benzene rings is 4. The van der Waals surface area contributed by atoms with Gasteiger partial charge in [-0.1, -0.05) is 160 Å². The maximum Gasteiger partial charge on any atom is 0.326 e. The molecule has 4 aromatic rings. The number of unbranched alkanes of at least 4 members (excludes halogenated alkanes) is 10. The predicted molar refractivity (Wildman–Crippen MR) is 523 cm³/mol. The quantitative estimate of drug-likeness (QED) is 0.0275. The zero-order valence-corrected chi connectivity index (χ0v) is 80.7. The van der Waals surface area contributed by atoms with E-state index in [2.05, 4.69) is 106 Å². The minimum absolute atomic E-state index is 0.0161. The van der Waals surface area contributed by atoms with E-state index in [1.165, 1.54) is 0 Å². The number of carbonyl (C=O) groups is 18. The van der Waals surface area contributed by atoms with E-state index in [-0.39, 0.29) is 127 Å². The van der Waals surface area contributed by atoms with Crippen LogP contribution in [0.25, 0.3) is 0 Å². The number of carboxylic acid groups (broad SMARTS) is 6. The van der Waals surface area contributed by atoms with Gasteiger partial charge in [0.25, 0.3) is 0 Å². The maximum atomic E-state index is 14.5. The van der Waals surface area contributed by atoms with Gasteiger partial charge in [0.05, 0.1) is 0 Å². The maximum absolute atomic E-state index is 14.5. The molecule has 2 aliphatic heterocycles. The van der Waals surface area contributed by atoms with Gasteiger partial charge in [-0.05, 0) is 112 Å². The zero-order valence-electron chi connectivity index (χ0n) is 80.7. The smallest absolute Gasteiger partial charge is 0.326 e. The van der Waals surface area contributed by atoms with Crippen molar-refractivity contribution in [2.24, 2.45) is 0 Å². The highest BCUT2D eigenvalue weighted by atomic mass is 16.4. The molecule has 2 heterocycles. The van der Waals surface area contributed by atoms with Crippen LogP contribution in [0.1, 0.15) is 202 Å². The summed E-state index contributed by atoms with van der Waals surface area (Å²) in [6.07, 6.45) is 7.15. The van der Waals surface area contributed by atoms with Gasteiger partial charge < -0.3 is 126 Å². The number of rotatable bonds is 66. The lowest BCUT2D eigenvalue weighted by Gasteiger charge is -2.41. The number of nitrogens with one attached hydrogen (secondary N) is 20. The molecule has 44 nitrogen and oxygen atoms in total. The Morgan fingerprint density at radius 1 is 0.246 bits per heavy atom. The molecule has 0 spiro atoms. The van der Waals surface area contributed by atoms with Crippen LogP contribution in [0.15, 0.2) is 121 Å². The number of aliphatic carboxylic acids is 6. The van der Waals surface area contributed by atoms with Gasteiger partial charge >= 0.3 is 47.9 Å². The van der Waals surface area contributed by atoms with Crippen LogP contribution in [0, 0.1) is 0 Å². The Morgan fingerprint density at radius 3 is 0.810 bits per heavy atom. The standard InChI is InChI=1S/C98H146N20O24/c119-79(103-49-25-21-37-71(91(133)134)113-95(141)115-73(93(137)138)45-47-85(125)126)39-19-3-1-5-23-51-105-87(129)75(59-67-29-11-7-12-30-67)111-89(131)77(61-69-33-15-9-16-34-69)109-81(121)41-27-43-83(123)117-97-63-99-53-55-101-65-98(108-58-57-107-97,66-102-56-54-100-64-97)118-84(124)44-28-42-82(122)110-78(62-70-35-17-10-18-36-70)90(132)112-76(60-68-31-13-8-14-32-68)88(130)106-52-24-6-2-4-20-40-80(120)104-50-26-22-38-72(92(135)136)114-96(142)116-74(94(139)140)46-48-86(127)128/h7-18,29-36,71-78,99-102,107-108H,1-6,19-28,37-66H2,(H,103,119)(H,104,120)(H,105,129)(H,106,130)(H,109,121)(H,110,122)(H,111,131)(H,112,132)(H,117,123)(H,118,124)(H,125,126)(H,127,128)(H,133,134)(H,135,136)(H,137,138)(H,139,140)(H2,113,115,141)(H2,114,116,142)/t71-,72?,73?,74-,75?,76+,77+,78+,97?,98?/m0/s1. The van der Waals surface area contributed by atoms with Crippen molar-refractivity contribution in [3.8, 4) is 0 Å². The molecule has 14 amide bonds. The molecule has 782 valence electrons. The van der Waals surface area contributed by atoms with Gasteiger partial charge in [-0.15, -0.1) is 0 Å². The molecule has 0 saturated carbocycles. The molecule has 142 heavy (non-hydrogen) atoms. The summed E-state index contributed by atoms with van der Waals surface area (Å²) < 4.78 is 0. The number of hydrogen-bond acceptors (Lipinski definition) is 24. The molecule has 0 radical (unpaired) electrons. The highest BCUT2D eigenvalue weighted by molar-refractivity contribution is 5.94. The Kier molecular flexibility index (Phi) is 55.5. The van der Waals surface area contributed by atoms with Crippen molar-refractivity contribution in [3.63, 3.8) is 0 Å². The van der Waals surface area contributed by atoms with Crippen molar-refractivity contribution in [1.82, 2.24) is 106 Å². The first kappa shape index (κ1) is 117. The van der Waals surface area contributed by atoms with Crippen molar-refractivity contribution in [3.05, 3.63) is 144 Å². The fourth-order valence-corrected chi connectivity index (χ4v) is 16.0. The van der Waals surface area contributed by atoms with Crippen LogP contribution in [0.2, 0.25) is 0 Å². The summed E-state index contributed by atoms with van der Waals surface area (Å²) in [7, 11) is 0. The van der Waals surface area contributed by atoms with Gasteiger partial charge in [0.2, 0.25) is 59.1 Å². The van der Waals surface area contributed by atoms with Gasteiger partial charge in [-0.25, -0.2) is 28.8 Å². The molecule has 6 rings (SSSR count). The molecular formula is C98H146N20O24. The van der Waals surface area contributed by atoms with Crippen molar-refractivity contribution in [2.45, 2.75) is 265 Å². The Labute approximate surface area is 826 Å². The van der Waals surface area contributed by atoms with Gasteiger partial charge in [0.1, 0.15) is 59.7 Å². The second-order valence-corrected chi connectivity index (χ2v) is 35.6. The van der Waals surface area contributed by atoms with E-state index in [1.807, 2.05) is 121 Å². The van der Waals surface area contributed by atoms with Gasteiger partial charge in [0.15, 0.2) is 0 Å². The summed E-state index contributed by atoms with van der Waals surface area (Å²) >= 11 is 0. The van der Waals surface area contributed by atoms with E-state index < -0.39 is 169 Å². The summed E-state index contributed by atoms with van der Waals surface area (Å²) in [6, 6.07) is 24.3. The van der Waals surface area contributed by atoms with E-state index >= 15 is 0 Å². The first-order chi connectivity index (χ1) is 68.3. The first-order valence-electron chi connectivity index (χ1n) is 49.2. The Balaban J connectivity index is 0.928. The predicted octanol–water partition coefficient (Wildman–Crippen LogP) is 1.05. The van der Waals surface area contributed by atoms with Crippen LogP contribution in [-0.4, -0.2) is 289 Å². The van der Waals surface area contributed by atoms with Gasteiger partial charge in [0, 0.05) is 169 Å². The highest BCUT2D eigenvalue weighted by Gasteiger charge is 2.37. The second-order valence-electron chi connectivity index (χ2n) is 35.6. The number of carbonyl (C=O) groups excluding carboxylic acids is 12. The van der Waals surface area contributed by atoms with Crippen molar-refractivity contribution in [1.29, 1.82) is 0 Å². The molecule has 44 heteroatoms. The van der Waals surface area contributed by atoms with Crippen LogP contribution in [-0.2, 0) is 102 Å². The normalized spacial score (nSPS) is 16.5. The SMILES string of the molecule is O=C(O)CCC(NC(=O)N[C@@H](CCCCNC(=O)CCCCCCCNC(=O)C(Cc1ccccc1)NC(=O)[C@@H](Cc1ccccc1)NC(=O)CCCC(=O)NC12CNCCNCC(NC(=O)CCCC(=O)N[C@H](Cc3ccccc3)C(=O)N[C@H](Cc3ccccc3)C(=O)NCCCCCCCC(=O)NCCCCC(NC(=O)N[C@@H](CCC(=O)O)C(=O)O)C(=O)O)(CNCCNC1)NCCN2)C(=O)O)C(=O)O. The van der Waals surface area contributed by atoms with E-state index in [1.54, 1.807) is 0 Å². The fraction of sp³-hybridized carbons (Fsp3) is 0.571. The van der Waals surface area contributed by atoms with Crippen LogP contribution in [0.3, 0.4) is 0 Å². The molecule has 2 bridgehead atoms. The van der Waals surface area contributed by atoms with E-state index in [9.17, 15) is 107 Å². The minimum Gasteiger partial charge on any atom is -0.481 e. The number of amides is 14. The summed E-state index contributed by atoms with van der Waals surface area (Å²) in [5.74, 6) is -12.3. The number of hydrogen-bond donors (Lipinski definition) is 26. The van der Waals surface area contributed by atoms with Crippen molar-refractivity contribution >= 4 is 107 Å². The summed E-state index contributed by atoms with van der Waals surface area (Å²) in [6.45, 7) is 4.72. The third kappa shape index (κ3) is 50.2. The topological polar surface area (TPSA) is 669 Å². The lowest BCUT2D eigenvalue weighted by Crippen LogP contribution is -2.73. The molecule has 2 saturated heterocycles. The van der Waals surface area contributed by atoms with Crippen molar-refractivity contribution < 1.29 is 117 Å². The summed E-state index contributed by atoms with van der Waals surface area (Å²) in [5, 5.41) is 115. The average Bonchev–Trinajstić information content (AvgIpc) is 0.848. The molecule has 3 unspecified atom stereocenters. The molecule has 2 aliphatic rings. The zero-order chi connectivity index (χ0) is 103. The van der Waals surface area contributed by atoms with Gasteiger partial charge in [-0.2, -0.15) is 0 Å². The van der Waals surface area contributed by atoms with Gasteiger partial charge in [-0.3, -0.25) is 68.2 Å². The fourth-order valence-electron chi connectivity index (χ4n) is 16.0. The van der Waals surface area contributed by atoms with Crippen LogP contribution >= 0.6 is 0 Å². The van der Waals surface area contributed by atoms with E-state index in [0.717, 1.165) is 60.8 Å². The minimum atomic E-state index is -1.54. The highest BCUT2D eigenvalue weighted by Crippen LogP contribution is 2.17. The monoisotopic (exact) mass is 1990 g/mol.